The van der Waals surface area contributed by atoms with Crippen LogP contribution < -0.4 is 15.5 Å². The Labute approximate surface area is 146 Å². The molecule has 0 spiro atoms. The van der Waals surface area contributed by atoms with E-state index in [2.05, 4.69) is 21.6 Å². The number of urea groups is 1. The summed E-state index contributed by atoms with van der Waals surface area (Å²) in [4.78, 5) is 14.4. The van der Waals surface area contributed by atoms with Crippen molar-refractivity contribution in [2.75, 3.05) is 36.5 Å². The molecule has 2 aromatic carbocycles. The molecule has 0 unspecified atom stereocenters. The zero-order valence-corrected chi connectivity index (χ0v) is 14.1. The highest BCUT2D eigenvalue weighted by Crippen LogP contribution is 2.21. The lowest BCUT2D eigenvalue weighted by atomic mass is 10.1. The first kappa shape index (κ1) is 16.6. The number of carbonyl (C=O) groups excluding carboxylic acids is 1. The van der Waals surface area contributed by atoms with Gasteiger partial charge in [-0.05, 0) is 35.9 Å². The van der Waals surface area contributed by atoms with Crippen LogP contribution in [-0.4, -0.2) is 32.3 Å². The summed E-state index contributed by atoms with van der Waals surface area (Å²) < 4.78 is 5.40. The summed E-state index contributed by atoms with van der Waals surface area (Å²) in [5.74, 6) is 0. The molecule has 0 bridgehead atoms. The van der Waals surface area contributed by atoms with E-state index in [0.717, 1.165) is 37.6 Å². The van der Waals surface area contributed by atoms with Crippen LogP contribution in [0.3, 0.4) is 0 Å². The molecule has 24 heavy (non-hydrogen) atoms. The third kappa shape index (κ3) is 4.40. The average molecular weight is 346 g/mol. The van der Waals surface area contributed by atoms with Crippen LogP contribution in [0.5, 0.6) is 0 Å². The topological polar surface area (TPSA) is 53.6 Å². The van der Waals surface area contributed by atoms with Crippen molar-refractivity contribution in [1.29, 1.82) is 0 Å². The SMILES string of the molecule is O=C(NCc1ccccc1N1CCOCC1)Nc1ccc(Cl)cc1. The molecule has 0 radical (unpaired) electrons. The summed E-state index contributed by atoms with van der Waals surface area (Å²) in [7, 11) is 0. The fraction of sp³-hybridized carbons (Fsp3) is 0.278. The van der Waals surface area contributed by atoms with E-state index in [1.165, 1.54) is 0 Å². The lowest BCUT2D eigenvalue weighted by Gasteiger charge is -2.30. The van der Waals surface area contributed by atoms with Crippen molar-refractivity contribution >= 4 is 29.0 Å². The molecule has 5 nitrogen and oxygen atoms in total. The van der Waals surface area contributed by atoms with Crippen LogP contribution in [0.15, 0.2) is 48.5 Å². The van der Waals surface area contributed by atoms with Gasteiger partial charge in [-0.3, -0.25) is 0 Å². The molecular formula is C18H20ClN3O2. The molecule has 1 fully saturated rings. The Balaban J connectivity index is 1.59. The number of para-hydroxylation sites is 1. The van der Waals surface area contributed by atoms with Crippen molar-refractivity contribution < 1.29 is 9.53 Å². The number of nitrogens with one attached hydrogen (secondary N) is 2. The van der Waals surface area contributed by atoms with E-state index in [0.29, 0.717) is 17.3 Å². The largest absolute Gasteiger partial charge is 0.378 e. The van der Waals surface area contributed by atoms with E-state index in [-0.39, 0.29) is 6.03 Å². The van der Waals surface area contributed by atoms with Gasteiger partial charge in [0.05, 0.1) is 13.2 Å². The highest BCUT2D eigenvalue weighted by Gasteiger charge is 2.14. The average Bonchev–Trinajstić information content (AvgIpc) is 2.63. The normalized spacial score (nSPS) is 14.3. The van der Waals surface area contributed by atoms with Gasteiger partial charge >= 0.3 is 6.03 Å². The number of amides is 2. The van der Waals surface area contributed by atoms with Gasteiger partial charge in [-0.2, -0.15) is 0 Å². The fourth-order valence-electron chi connectivity index (χ4n) is 2.66. The number of hydrogen-bond acceptors (Lipinski definition) is 3. The van der Waals surface area contributed by atoms with E-state index >= 15 is 0 Å². The van der Waals surface area contributed by atoms with Crippen LogP contribution in [0.1, 0.15) is 5.56 Å². The fourth-order valence-corrected chi connectivity index (χ4v) is 2.78. The van der Waals surface area contributed by atoms with Crippen molar-refractivity contribution in [3.05, 3.63) is 59.1 Å². The van der Waals surface area contributed by atoms with E-state index in [1.807, 2.05) is 18.2 Å². The number of hydrogen-bond donors (Lipinski definition) is 2. The van der Waals surface area contributed by atoms with Crippen LogP contribution in [0.2, 0.25) is 5.02 Å². The number of benzene rings is 2. The van der Waals surface area contributed by atoms with E-state index < -0.39 is 0 Å². The van der Waals surface area contributed by atoms with Crippen LogP contribution in [0, 0.1) is 0 Å². The lowest BCUT2D eigenvalue weighted by Crippen LogP contribution is -2.37. The van der Waals surface area contributed by atoms with Crippen LogP contribution in [-0.2, 0) is 11.3 Å². The minimum atomic E-state index is -0.242. The standard InChI is InChI=1S/C18H20ClN3O2/c19-15-5-7-16(8-6-15)21-18(23)20-13-14-3-1-2-4-17(14)22-9-11-24-12-10-22/h1-8H,9-13H2,(H2,20,21,23). The monoisotopic (exact) mass is 345 g/mol. The quantitative estimate of drug-likeness (QED) is 0.891. The molecule has 0 aromatic heterocycles. The summed E-state index contributed by atoms with van der Waals surface area (Å²) in [6, 6.07) is 14.9. The highest BCUT2D eigenvalue weighted by atomic mass is 35.5. The van der Waals surface area contributed by atoms with Gasteiger partial charge in [0, 0.05) is 36.0 Å². The summed E-state index contributed by atoms with van der Waals surface area (Å²) in [5, 5.41) is 6.34. The third-order valence-corrected chi connectivity index (χ3v) is 4.14. The predicted octanol–water partition coefficient (Wildman–Crippen LogP) is 3.50. The predicted molar refractivity (Wildman–Crippen MR) is 96.8 cm³/mol. The molecule has 0 aliphatic carbocycles. The van der Waals surface area contributed by atoms with Gasteiger partial charge in [-0.1, -0.05) is 29.8 Å². The van der Waals surface area contributed by atoms with Crippen molar-refractivity contribution in [3.63, 3.8) is 0 Å². The van der Waals surface area contributed by atoms with Gasteiger partial charge in [0.2, 0.25) is 0 Å². The van der Waals surface area contributed by atoms with Gasteiger partial charge in [0.25, 0.3) is 0 Å². The molecule has 0 atom stereocenters. The summed E-state index contributed by atoms with van der Waals surface area (Å²) in [6.07, 6.45) is 0. The molecule has 3 rings (SSSR count). The molecule has 2 amide bonds. The number of nitrogens with zero attached hydrogens (tertiary/aromatic N) is 1. The molecule has 1 saturated heterocycles. The second-order valence-corrected chi connectivity index (χ2v) is 5.98. The maximum atomic E-state index is 12.1. The minimum absolute atomic E-state index is 0.242. The second-order valence-electron chi connectivity index (χ2n) is 5.54. The van der Waals surface area contributed by atoms with Crippen molar-refractivity contribution in [2.45, 2.75) is 6.54 Å². The zero-order valence-electron chi connectivity index (χ0n) is 13.3. The Morgan fingerprint density at radius 3 is 2.54 bits per heavy atom. The van der Waals surface area contributed by atoms with Gasteiger partial charge < -0.3 is 20.3 Å². The third-order valence-electron chi connectivity index (χ3n) is 3.88. The van der Waals surface area contributed by atoms with Crippen LogP contribution in [0.4, 0.5) is 16.2 Å². The van der Waals surface area contributed by atoms with Crippen molar-refractivity contribution in [1.82, 2.24) is 5.32 Å². The summed E-state index contributed by atoms with van der Waals surface area (Å²) in [5.41, 5.74) is 2.94. The zero-order chi connectivity index (χ0) is 16.8. The van der Waals surface area contributed by atoms with Gasteiger partial charge in [-0.25, -0.2) is 4.79 Å². The van der Waals surface area contributed by atoms with Gasteiger partial charge in [-0.15, -0.1) is 0 Å². The molecule has 0 saturated carbocycles. The first-order valence-electron chi connectivity index (χ1n) is 7.93. The summed E-state index contributed by atoms with van der Waals surface area (Å²) >= 11 is 5.84. The Morgan fingerprint density at radius 1 is 1.08 bits per heavy atom. The number of carbonyl (C=O) groups is 1. The number of halogens is 1. The Hall–Kier alpha value is -2.24. The van der Waals surface area contributed by atoms with Gasteiger partial charge in [0.15, 0.2) is 0 Å². The smallest absolute Gasteiger partial charge is 0.319 e. The maximum Gasteiger partial charge on any atom is 0.319 e. The number of morpholine rings is 1. The lowest BCUT2D eigenvalue weighted by molar-refractivity contribution is 0.122. The molecule has 1 aliphatic rings. The Bertz CT molecular complexity index is 685. The molecule has 126 valence electrons. The van der Waals surface area contributed by atoms with Crippen molar-refractivity contribution in [3.8, 4) is 0 Å². The first-order chi connectivity index (χ1) is 11.7. The van der Waals surface area contributed by atoms with Crippen LogP contribution >= 0.6 is 11.6 Å². The first-order valence-corrected chi connectivity index (χ1v) is 8.31. The Morgan fingerprint density at radius 2 is 1.79 bits per heavy atom. The van der Waals surface area contributed by atoms with Crippen molar-refractivity contribution in [2.24, 2.45) is 0 Å². The molecule has 1 aliphatic heterocycles. The highest BCUT2D eigenvalue weighted by molar-refractivity contribution is 6.30. The van der Waals surface area contributed by atoms with E-state index in [1.54, 1.807) is 24.3 Å². The summed E-state index contributed by atoms with van der Waals surface area (Å²) in [6.45, 7) is 3.67. The number of rotatable bonds is 4. The molecule has 1 heterocycles. The number of ether oxygens (including phenoxy) is 1. The second kappa shape index (κ2) is 8.04. The maximum absolute atomic E-state index is 12.1. The van der Waals surface area contributed by atoms with Gasteiger partial charge in [0.1, 0.15) is 0 Å². The van der Waals surface area contributed by atoms with E-state index in [9.17, 15) is 4.79 Å². The molecular weight excluding hydrogens is 326 g/mol. The molecule has 2 aromatic rings. The van der Waals surface area contributed by atoms with Crippen LogP contribution in [0.25, 0.3) is 0 Å². The number of anilines is 2. The minimum Gasteiger partial charge on any atom is -0.378 e. The van der Waals surface area contributed by atoms with E-state index in [4.69, 9.17) is 16.3 Å². The molecule has 2 N–H and O–H groups in total. The Kier molecular flexibility index (Phi) is 5.56. The molecule has 6 heteroatoms.